The van der Waals surface area contributed by atoms with Crippen molar-refractivity contribution >= 4 is 29.5 Å². The molecule has 4 rings (SSSR count). The Morgan fingerprint density at radius 1 is 0.647 bits per heavy atom. The standard InChI is InChI=1S/C26H21ClO7/c27-23-22(34-26(30)19-14-8-3-9-15-19)21(33-25(29)18-12-6-2-7-13-18)20(32-23)16-31-24(28)17-10-4-1-5-11-17/h1-15,20-23H,16H2/t20-,21-,22-,23+/m0/s1. The molecule has 3 aromatic rings. The number of alkyl halides is 1. The van der Waals surface area contributed by atoms with Crippen LogP contribution in [0.15, 0.2) is 91.0 Å². The van der Waals surface area contributed by atoms with Gasteiger partial charge in [0.1, 0.15) is 12.7 Å². The van der Waals surface area contributed by atoms with Crippen LogP contribution in [0.25, 0.3) is 0 Å². The van der Waals surface area contributed by atoms with E-state index in [1.165, 1.54) is 0 Å². The number of esters is 3. The summed E-state index contributed by atoms with van der Waals surface area (Å²) in [6.07, 6.45) is -3.18. The third-order valence-corrected chi connectivity index (χ3v) is 5.50. The van der Waals surface area contributed by atoms with E-state index in [-0.39, 0.29) is 6.61 Å². The van der Waals surface area contributed by atoms with Crippen LogP contribution in [0.4, 0.5) is 0 Å². The number of rotatable bonds is 7. The van der Waals surface area contributed by atoms with Gasteiger partial charge < -0.3 is 18.9 Å². The lowest BCUT2D eigenvalue weighted by Gasteiger charge is -2.23. The van der Waals surface area contributed by atoms with Gasteiger partial charge in [0.25, 0.3) is 0 Å². The van der Waals surface area contributed by atoms with Gasteiger partial charge in [-0.15, -0.1) is 0 Å². The Labute approximate surface area is 201 Å². The third kappa shape index (κ3) is 5.62. The number of carbonyl (C=O) groups is 3. The quantitative estimate of drug-likeness (QED) is 0.283. The minimum atomic E-state index is -1.12. The lowest BCUT2D eigenvalue weighted by molar-refractivity contribution is -0.0435. The zero-order valence-electron chi connectivity index (χ0n) is 17.9. The van der Waals surface area contributed by atoms with E-state index in [4.69, 9.17) is 30.5 Å². The molecule has 0 amide bonds. The molecule has 1 heterocycles. The average molecular weight is 481 g/mol. The summed E-state index contributed by atoms with van der Waals surface area (Å²) in [5.41, 5.74) is -0.165. The molecule has 0 aromatic heterocycles. The highest BCUT2D eigenvalue weighted by molar-refractivity contribution is 6.20. The van der Waals surface area contributed by atoms with E-state index >= 15 is 0 Å². The molecule has 0 unspecified atom stereocenters. The smallest absolute Gasteiger partial charge is 0.338 e. The van der Waals surface area contributed by atoms with E-state index in [1.54, 1.807) is 91.0 Å². The van der Waals surface area contributed by atoms with Gasteiger partial charge in [0.15, 0.2) is 17.8 Å². The Morgan fingerprint density at radius 2 is 1.06 bits per heavy atom. The van der Waals surface area contributed by atoms with Gasteiger partial charge in [0.05, 0.1) is 16.7 Å². The van der Waals surface area contributed by atoms with Crippen molar-refractivity contribution in [3.05, 3.63) is 108 Å². The van der Waals surface area contributed by atoms with Crippen LogP contribution < -0.4 is 0 Å². The minimum absolute atomic E-state index is 0.261. The van der Waals surface area contributed by atoms with Gasteiger partial charge in [-0.3, -0.25) is 0 Å². The molecule has 4 atom stereocenters. The Hall–Kier alpha value is -3.68. The Bertz CT molecular complexity index is 1120. The molecule has 0 bridgehead atoms. The van der Waals surface area contributed by atoms with Crippen LogP contribution in [0, 0.1) is 0 Å². The van der Waals surface area contributed by atoms with E-state index in [9.17, 15) is 14.4 Å². The summed E-state index contributed by atoms with van der Waals surface area (Å²) in [4.78, 5) is 37.8. The summed E-state index contributed by atoms with van der Waals surface area (Å²) in [6.45, 7) is -0.261. The summed E-state index contributed by atoms with van der Waals surface area (Å²) in [7, 11) is 0. The zero-order chi connectivity index (χ0) is 23.9. The molecule has 7 nitrogen and oxygen atoms in total. The maximum absolute atomic E-state index is 12.7. The van der Waals surface area contributed by atoms with Crippen molar-refractivity contribution < 1.29 is 33.3 Å². The maximum atomic E-state index is 12.7. The van der Waals surface area contributed by atoms with Crippen LogP contribution in [-0.2, 0) is 18.9 Å². The van der Waals surface area contributed by atoms with E-state index in [2.05, 4.69) is 0 Å². The third-order valence-electron chi connectivity index (χ3n) is 5.15. The monoisotopic (exact) mass is 480 g/mol. The summed E-state index contributed by atoms with van der Waals surface area (Å²) in [5, 5.41) is 0. The van der Waals surface area contributed by atoms with Crippen molar-refractivity contribution in [2.24, 2.45) is 0 Å². The van der Waals surface area contributed by atoms with Gasteiger partial charge in [-0.2, -0.15) is 0 Å². The summed E-state index contributed by atoms with van der Waals surface area (Å²) < 4.78 is 22.3. The molecule has 0 saturated carbocycles. The molecule has 0 N–H and O–H groups in total. The highest BCUT2D eigenvalue weighted by atomic mass is 35.5. The van der Waals surface area contributed by atoms with E-state index in [0.717, 1.165) is 0 Å². The Morgan fingerprint density at radius 3 is 1.53 bits per heavy atom. The largest absolute Gasteiger partial charge is 0.459 e. The highest BCUT2D eigenvalue weighted by Crippen LogP contribution is 2.31. The number of hydrogen-bond donors (Lipinski definition) is 0. The molecule has 1 aliphatic rings. The molecule has 0 radical (unpaired) electrons. The van der Waals surface area contributed by atoms with Gasteiger partial charge >= 0.3 is 17.9 Å². The summed E-state index contributed by atoms with van der Waals surface area (Å²) in [5.74, 6) is -1.88. The lowest BCUT2D eigenvalue weighted by Crippen LogP contribution is -2.41. The zero-order valence-corrected chi connectivity index (χ0v) is 18.7. The summed E-state index contributed by atoms with van der Waals surface area (Å²) >= 11 is 6.33. The van der Waals surface area contributed by atoms with Gasteiger partial charge in [0.2, 0.25) is 0 Å². The predicted molar refractivity (Wildman–Crippen MR) is 123 cm³/mol. The number of benzene rings is 3. The van der Waals surface area contributed by atoms with Gasteiger partial charge in [-0.25, -0.2) is 14.4 Å². The van der Waals surface area contributed by atoms with Gasteiger partial charge in [-0.05, 0) is 36.4 Å². The molecule has 0 aliphatic carbocycles. The lowest BCUT2D eigenvalue weighted by atomic mass is 10.1. The van der Waals surface area contributed by atoms with Crippen molar-refractivity contribution in [2.45, 2.75) is 23.9 Å². The van der Waals surface area contributed by atoms with Crippen LogP contribution in [0.1, 0.15) is 31.1 Å². The predicted octanol–water partition coefficient (Wildman–Crippen LogP) is 4.26. The van der Waals surface area contributed by atoms with Crippen molar-refractivity contribution in [3.63, 3.8) is 0 Å². The second-order valence-electron chi connectivity index (χ2n) is 7.46. The second kappa shape index (κ2) is 11.0. The molecular formula is C26H21ClO7. The maximum Gasteiger partial charge on any atom is 0.338 e. The summed E-state index contributed by atoms with van der Waals surface area (Å²) in [6, 6.07) is 25.1. The van der Waals surface area contributed by atoms with Crippen molar-refractivity contribution in [1.82, 2.24) is 0 Å². The fourth-order valence-corrected chi connectivity index (χ4v) is 3.75. The van der Waals surface area contributed by atoms with Crippen LogP contribution in [0.5, 0.6) is 0 Å². The van der Waals surface area contributed by atoms with Crippen molar-refractivity contribution in [1.29, 1.82) is 0 Å². The normalized spacial score (nSPS) is 21.4. The SMILES string of the molecule is O=C(OC[C@@H]1O[C@@H](Cl)[C@@H](OC(=O)c2ccccc2)[C@H]1OC(=O)c1ccccc1)c1ccccc1. The molecule has 8 heteroatoms. The fourth-order valence-electron chi connectivity index (χ4n) is 3.43. The van der Waals surface area contributed by atoms with Gasteiger partial charge in [0, 0.05) is 0 Å². The minimum Gasteiger partial charge on any atom is -0.459 e. The van der Waals surface area contributed by atoms with E-state index in [0.29, 0.717) is 16.7 Å². The van der Waals surface area contributed by atoms with Crippen LogP contribution in [-0.4, -0.2) is 48.4 Å². The number of hydrogen-bond acceptors (Lipinski definition) is 7. The topological polar surface area (TPSA) is 88.1 Å². The average Bonchev–Trinajstić information content (AvgIpc) is 3.17. The van der Waals surface area contributed by atoms with Crippen molar-refractivity contribution in [3.8, 4) is 0 Å². The Kier molecular flexibility index (Phi) is 7.57. The van der Waals surface area contributed by atoms with Crippen LogP contribution >= 0.6 is 11.6 Å². The first-order valence-electron chi connectivity index (χ1n) is 10.6. The van der Waals surface area contributed by atoms with Crippen LogP contribution in [0.2, 0.25) is 0 Å². The first-order valence-corrected chi connectivity index (χ1v) is 11.0. The Balaban J connectivity index is 1.51. The molecule has 1 saturated heterocycles. The van der Waals surface area contributed by atoms with E-state index in [1.807, 2.05) is 0 Å². The second-order valence-corrected chi connectivity index (χ2v) is 7.89. The molecule has 34 heavy (non-hydrogen) atoms. The van der Waals surface area contributed by atoms with E-state index < -0.39 is 41.8 Å². The molecule has 0 spiro atoms. The number of ether oxygens (including phenoxy) is 4. The number of halogens is 1. The van der Waals surface area contributed by atoms with Crippen molar-refractivity contribution in [2.75, 3.05) is 6.61 Å². The van der Waals surface area contributed by atoms with Crippen LogP contribution in [0.3, 0.4) is 0 Å². The number of carbonyl (C=O) groups excluding carboxylic acids is 3. The molecule has 1 aliphatic heterocycles. The first kappa shape index (κ1) is 23.5. The highest BCUT2D eigenvalue weighted by Gasteiger charge is 2.49. The first-order chi connectivity index (χ1) is 16.5. The fraction of sp³-hybridized carbons (Fsp3) is 0.192. The molecule has 3 aromatic carbocycles. The molecule has 1 fully saturated rings. The van der Waals surface area contributed by atoms with Gasteiger partial charge in [-0.1, -0.05) is 66.2 Å². The molecule has 174 valence electrons. The molecular weight excluding hydrogens is 460 g/mol.